The molecule has 1 fully saturated rings. The maximum atomic E-state index is 5.60. The highest BCUT2D eigenvalue weighted by Crippen LogP contribution is 2.39. The first-order valence-corrected chi connectivity index (χ1v) is 9.21. The first-order valence-electron chi connectivity index (χ1n) is 8.80. The summed E-state index contributed by atoms with van der Waals surface area (Å²) in [6.07, 6.45) is 4.04. The molecule has 7 heteroatoms. The number of likely N-dealkylation sites (tertiary alicyclic amines) is 1. The van der Waals surface area contributed by atoms with Crippen LogP contribution in [0.1, 0.15) is 30.3 Å². The van der Waals surface area contributed by atoms with Crippen LogP contribution in [0.15, 0.2) is 30.9 Å². The summed E-state index contributed by atoms with van der Waals surface area (Å²) in [6.45, 7) is 8.11. The molecule has 1 aromatic heterocycles. The van der Waals surface area contributed by atoms with Gasteiger partial charge in [0.2, 0.25) is 0 Å². The molecule has 26 heavy (non-hydrogen) atoms. The minimum absolute atomic E-state index is 0.256. The second kappa shape index (κ2) is 8.05. The van der Waals surface area contributed by atoms with E-state index in [4.69, 9.17) is 21.7 Å². The number of aryl methyl sites for hydroxylation is 1. The maximum absolute atomic E-state index is 5.60. The van der Waals surface area contributed by atoms with Crippen LogP contribution >= 0.6 is 12.2 Å². The fourth-order valence-corrected chi connectivity index (χ4v) is 3.91. The number of methoxy groups -OCH3 is 2. The highest BCUT2D eigenvalue weighted by atomic mass is 32.1. The fraction of sp³-hybridized carbons (Fsp3) is 0.474. The third kappa shape index (κ3) is 3.54. The average molecular weight is 375 g/mol. The van der Waals surface area contributed by atoms with Crippen LogP contribution < -0.4 is 9.47 Å². The Morgan fingerprint density at radius 2 is 2.15 bits per heavy atom. The summed E-state index contributed by atoms with van der Waals surface area (Å²) < 4.78 is 15.6. The Morgan fingerprint density at radius 3 is 2.85 bits per heavy atom. The molecule has 0 aliphatic carbocycles. The van der Waals surface area contributed by atoms with Crippen LogP contribution in [-0.4, -0.2) is 40.0 Å². The zero-order chi connectivity index (χ0) is 18.7. The van der Waals surface area contributed by atoms with E-state index >= 15 is 0 Å². The molecule has 1 aromatic carbocycles. The molecule has 0 N–H and O–H groups in total. The van der Waals surface area contributed by atoms with E-state index in [1.54, 1.807) is 14.2 Å². The number of aromatic nitrogens is 3. The number of hydrogen-bond acceptors (Lipinski definition) is 5. The van der Waals surface area contributed by atoms with Gasteiger partial charge in [0.15, 0.2) is 4.77 Å². The topological polar surface area (TPSA) is 44.5 Å². The zero-order valence-corrected chi connectivity index (χ0v) is 16.5. The van der Waals surface area contributed by atoms with Crippen molar-refractivity contribution in [3.8, 4) is 11.5 Å². The molecule has 0 saturated carbocycles. The molecular weight excluding hydrogens is 348 g/mol. The van der Waals surface area contributed by atoms with Crippen LogP contribution in [0, 0.1) is 11.7 Å². The lowest BCUT2D eigenvalue weighted by molar-refractivity contribution is 0.186. The Balaban J connectivity index is 1.89. The van der Waals surface area contributed by atoms with Crippen LogP contribution in [0.4, 0.5) is 0 Å². The molecule has 3 rings (SSSR count). The standard InChI is InChI=1S/C19H26N4O2S/c1-5-10-22-14(2)20-23(19(22)26)13-21-11-6-7-17(21)16-12-15(24-3)8-9-18(16)25-4/h5,8-9,12,17H,1,6-7,10-11,13H2,2-4H3/t17-/m0/s1. The number of benzene rings is 1. The summed E-state index contributed by atoms with van der Waals surface area (Å²) in [6, 6.07) is 6.23. The highest BCUT2D eigenvalue weighted by Gasteiger charge is 2.29. The number of allylic oxidation sites excluding steroid dienone is 1. The number of nitrogens with zero attached hydrogens (tertiary/aromatic N) is 4. The third-order valence-corrected chi connectivity index (χ3v) is 5.33. The minimum atomic E-state index is 0.256. The Hall–Kier alpha value is -2.12. The lowest BCUT2D eigenvalue weighted by Gasteiger charge is -2.26. The van der Waals surface area contributed by atoms with Gasteiger partial charge in [-0.3, -0.25) is 4.90 Å². The van der Waals surface area contributed by atoms with Crippen molar-refractivity contribution in [1.82, 2.24) is 19.2 Å². The van der Waals surface area contributed by atoms with Gasteiger partial charge in [0, 0.05) is 24.7 Å². The van der Waals surface area contributed by atoms with Crippen molar-refractivity contribution in [3.05, 3.63) is 47.0 Å². The van der Waals surface area contributed by atoms with E-state index in [1.165, 1.54) is 0 Å². The van der Waals surface area contributed by atoms with Gasteiger partial charge >= 0.3 is 0 Å². The van der Waals surface area contributed by atoms with Crippen molar-refractivity contribution in [3.63, 3.8) is 0 Å². The molecule has 1 aliphatic heterocycles. The van der Waals surface area contributed by atoms with E-state index in [0.29, 0.717) is 13.2 Å². The number of rotatable bonds is 7. The first kappa shape index (κ1) is 18.7. The molecule has 140 valence electrons. The van der Waals surface area contributed by atoms with Gasteiger partial charge in [-0.1, -0.05) is 6.08 Å². The van der Waals surface area contributed by atoms with Gasteiger partial charge < -0.3 is 14.0 Å². The Kier molecular flexibility index (Phi) is 5.78. The van der Waals surface area contributed by atoms with Gasteiger partial charge in [-0.15, -0.1) is 6.58 Å². The van der Waals surface area contributed by atoms with Gasteiger partial charge in [-0.2, -0.15) is 5.10 Å². The molecule has 0 radical (unpaired) electrons. The van der Waals surface area contributed by atoms with Gasteiger partial charge in [-0.05, 0) is 50.2 Å². The second-order valence-electron chi connectivity index (χ2n) is 6.45. The molecule has 0 bridgehead atoms. The van der Waals surface area contributed by atoms with Gasteiger partial charge in [0.25, 0.3) is 0 Å². The summed E-state index contributed by atoms with van der Waals surface area (Å²) in [5.41, 5.74) is 1.15. The number of hydrogen-bond donors (Lipinski definition) is 0. The zero-order valence-electron chi connectivity index (χ0n) is 15.6. The largest absolute Gasteiger partial charge is 0.497 e. The molecule has 1 saturated heterocycles. The molecule has 0 unspecified atom stereocenters. The van der Waals surface area contributed by atoms with Crippen molar-refractivity contribution in [1.29, 1.82) is 0 Å². The quantitative estimate of drug-likeness (QED) is 0.546. The Labute approximate surface area is 159 Å². The van der Waals surface area contributed by atoms with Crippen LogP contribution in [-0.2, 0) is 13.2 Å². The molecular formula is C19H26N4O2S. The molecule has 2 heterocycles. The van der Waals surface area contributed by atoms with Gasteiger partial charge in [0.1, 0.15) is 17.3 Å². The first-order chi connectivity index (χ1) is 12.6. The molecule has 0 spiro atoms. The van der Waals surface area contributed by atoms with E-state index in [9.17, 15) is 0 Å². The number of ether oxygens (including phenoxy) is 2. The van der Waals surface area contributed by atoms with Crippen LogP contribution in [0.3, 0.4) is 0 Å². The molecule has 1 atom stereocenters. The summed E-state index contributed by atoms with van der Waals surface area (Å²) in [4.78, 5) is 2.40. The predicted molar refractivity (Wildman–Crippen MR) is 104 cm³/mol. The van der Waals surface area contributed by atoms with E-state index in [-0.39, 0.29) is 6.04 Å². The van der Waals surface area contributed by atoms with Gasteiger partial charge in [0.05, 0.1) is 20.9 Å². The average Bonchev–Trinajstić information content (AvgIpc) is 3.21. The van der Waals surface area contributed by atoms with Crippen LogP contribution in [0.5, 0.6) is 11.5 Å². The smallest absolute Gasteiger partial charge is 0.199 e. The van der Waals surface area contributed by atoms with E-state index in [1.807, 2.05) is 34.4 Å². The Bertz CT molecular complexity index is 843. The summed E-state index contributed by atoms with van der Waals surface area (Å²) in [5, 5.41) is 4.63. The summed E-state index contributed by atoms with van der Waals surface area (Å²) in [5.74, 6) is 2.64. The van der Waals surface area contributed by atoms with Crippen LogP contribution in [0.2, 0.25) is 0 Å². The lowest BCUT2D eigenvalue weighted by atomic mass is 10.0. The van der Waals surface area contributed by atoms with Crippen LogP contribution in [0.25, 0.3) is 0 Å². The fourth-order valence-electron chi connectivity index (χ4n) is 3.60. The predicted octanol–water partition coefficient (Wildman–Crippen LogP) is 3.72. The monoisotopic (exact) mass is 374 g/mol. The van der Waals surface area contributed by atoms with Crippen molar-refractivity contribution in [2.24, 2.45) is 0 Å². The third-order valence-electron chi connectivity index (χ3n) is 4.89. The summed E-state index contributed by atoms with van der Waals surface area (Å²) in [7, 11) is 3.40. The van der Waals surface area contributed by atoms with Crippen molar-refractivity contribution in [2.75, 3.05) is 20.8 Å². The minimum Gasteiger partial charge on any atom is -0.497 e. The van der Waals surface area contributed by atoms with E-state index in [0.717, 1.165) is 47.0 Å². The van der Waals surface area contributed by atoms with Crippen molar-refractivity contribution >= 4 is 12.2 Å². The second-order valence-corrected chi connectivity index (χ2v) is 6.81. The SMILES string of the molecule is C=CCn1c(C)nn(CN2CCC[C@H]2c2cc(OC)ccc2OC)c1=S. The molecule has 1 aliphatic rings. The molecule has 6 nitrogen and oxygen atoms in total. The maximum Gasteiger partial charge on any atom is 0.199 e. The Morgan fingerprint density at radius 1 is 1.35 bits per heavy atom. The van der Waals surface area contributed by atoms with Crippen molar-refractivity contribution in [2.45, 2.75) is 39.0 Å². The summed E-state index contributed by atoms with van der Waals surface area (Å²) >= 11 is 5.60. The molecule has 0 amide bonds. The lowest BCUT2D eigenvalue weighted by Crippen LogP contribution is -2.27. The van der Waals surface area contributed by atoms with E-state index in [2.05, 4.69) is 22.6 Å². The van der Waals surface area contributed by atoms with E-state index < -0.39 is 0 Å². The highest BCUT2D eigenvalue weighted by molar-refractivity contribution is 7.71. The molecule has 2 aromatic rings. The normalized spacial score (nSPS) is 17.4. The van der Waals surface area contributed by atoms with Gasteiger partial charge in [-0.25, -0.2) is 4.68 Å². The van der Waals surface area contributed by atoms with Crippen molar-refractivity contribution < 1.29 is 9.47 Å².